The third-order valence-electron chi connectivity index (χ3n) is 5.49. The number of amides is 1. The van der Waals surface area contributed by atoms with Crippen LogP contribution in [0.1, 0.15) is 49.7 Å². The van der Waals surface area contributed by atoms with Crippen LogP contribution in [0.2, 0.25) is 0 Å². The molecule has 2 heterocycles. The Morgan fingerprint density at radius 1 is 1.22 bits per heavy atom. The van der Waals surface area contributed by atoms with E-state index < -0.39 is 0 Å². The van der Waals surface area contributed by atoms with Crippen molar-refractivity contribution in [1.29, 1.82) is 0 Å². The van der Waals surface area contributed by atoms with E-state index in [1.807, 2.05) is 12.1 Å². The predicted octanol–water partition coefficient (Wildman–Crippen LogP) is 3.37. The average Bonchev–Trinajstić information content (AvgIpc) is 2.96. The average molecular weight is 397 g/mol. The Balaban J connectivity index is 0.00000261. The van der Waals surface area contributed by atoms with Crippen LogP contribution in [0.4, 0.5) is 0 Å². The monoisotopic (exact) mass is 396 g/mol. The molecule has 1 amide bonds. The lowest BCUT2D eigenvalue weighted by Crippen LogP contribution is -2.39. The Morgan fingerprint density at radius 3 is 2.67 bits per heavy atom. The Morgan fingerprint density at radius 2 is 1.96 bits per heavy atom. The van der Waals surface area contributed by atoms with E-state index in [1.165, 1.54) is 12.8 Å². The van der Waals surface area contributed by atoms with E-state index in [-0.39, 0.29) is 18.3 Å². The second-order valence-corrected chi connectivity index (χ2v) is 7.76. The number of benzene rings is 1. The van der Waals surface area contributed by atoms with Crippen molar-refractivity contribution in [1.82, 2.24) is 10.6 Å². The van der Waals surface area contributed by atoms with Crippen molar-refractivity contribution in [3.63, 3.8) is 0 Å². The first-order valence-corrected chi connectivity index (χ1v) is 9.88. The van der Waals surface area contributed by atoms with Gasteiger partial charge in [0.05, 0.1) is 6.61 Å². The first-order chi connectivity index (χ1) is 12.6. The minimum absolute atomic E-state index is 0. The van der Waals surface area contributed by atoms with Gasteiger partial charge in [-0.2, -0.15) is 0 Å². The molecule has 0 aliphatic carbocycles. The van der Waals surface area contributed by atoms with Crippen molar-refractivity contribution < 1.29 is 14.3 Å². The summed E-state index contributed by atoms with van der Waals surface area (Å²) in [5, 5.41) is 6.73. The summed E-state index contributed by atoms with van der Waals surface area (Å²) >= 11 is 0. The molecule has 2 aliphatic heterocycles. The van der Waals surface area contributed by atoms with Crippen molar-refractivity contribution in [2.24, 2.45) is 5.92 Å². The van der Waals surface area contributed by atoms with Crippen LogP contribution in [0.3, 0.4) is 0 Å². The van der Waals surface area contributed by atoms with Gasteiger partial charge in [0.2, 0.25) is 5.91 Å². The molecule has 2 N–H and O–H groups in total. The Bertz CT molecular complexity index is 599. The highest BCUT2D eigenvalue weighted by molar-refractivity contribution is 5.85. The van der Waals surface area contributed by atoms with Crippen molar-refractivity contribution in [2.75, 3.05) is 20.3 Å². The van der Waals surface area contributed by atoms with Crippen LogP contribution >= 0.6 is 12.4 Å². The molecule has 0 saturated carbocycles. The lowest BCUT2D eigenvalue weighted by Gasteiger charge is -2.28. The van der Waals surface area contributed by atoms with Gasteiger partial charge in [-0.15, -0.1) is 12.4 Å². The standard InChI is InChI=1S/C21H32N2O3.ClH/c1-15-4-5-17(20(10-15)26-9-3-8-25-2)14-22-21(24)13-16-11-18-6-7-19(12-16)23-18;/h4-5,10,16,18-19,23H,3,6-9,11-14H2,1-2H3,(H,22,24);1H. The fourth-order valence-electron chi connectivity index (χ4n) is 4.20. The van der Waals surface area contributed by atoms with E-state index in [2.05, 4.69) is 23.6 Å². The normalized spacial score (nSPS) is 23.6. The molecule has 2 unspecified atom stereocenters. The van der Waals surface area contributed by atoms with Gasteiger partial charge in [-0.3, -0.25) is 4.79 Å². The molecule has 1 aromatic carbocycles. The molecule has 0 spiro atoms. The fraction of sp³-hybridized carbons (Fsp3) is 0.667. The number of ether oxygens (including phenoxy) is 2. The fourth-order valence-corrected chi connectivity index (χ4v) is 4.20. The van der Waals surface area contributed by atoms with Crippen molar-refractivity contribution in [3.05, 3.63) is 29.3 Å². The number of piperidine rings is 1. The number of hydrogen-bond donors (Lipinski definition) is 2. The second-order valence-electron chi connectivity index (χ2n) is 7.76. The molecule has 27 heavy (non-hydrogen) atoms. The largest absolute Gasteiger partial charge is 0.493 e. The molecular weight excluding hydrogens is 364 g/mol. The van der Waals surface area contributed by atoms with E-state index in [0.717, 1.165) is 36.1 Å². The van der Waals surface area contributed by atoms with Crippen molar-refractivity contribution in [2.45, 2.75) is 64.1 Å². The molecule has 2 fully saturated rings. The van der Waals surface area contributed by atoms with Crippen LogP contribution in [-0.4, -0.2) is 38.3 Å². The van der Waals surface area contributed by atoms with Crippen LogP contribution in [-0.2, 0) is 16.1 Å². The molecule has 0 aromatic heterocycles. The molecule has 1 aromatic rings. The summed E-state index contributed by atoms with van der Waals surface area (Å²) < 4.78 is 11.0. The van der Waals surface area contributed by atoms with Gasteiger partial charge in [-0.25, -0.2) is 0 Å². The summed E-state index contributed by atoms with van der Waals surface area (Å²) in [7, 11) is 1.70. The molecule has 3 rings (SSSR count). The summed E-state index contributed by atoms with van der Waals surface area (Å²) in [5.41, 5.74) is 2.19. The number of methoxy groups -OCH3 is 1. The quantitative estimate of drug-likeness (QED) is 0.628. The van der Waals surface area contributed by atoms with E-state index in [0.29, 0.717) is 44.2 Å². The van der Waals surface area contributed by atoms with E-state index in [4.69, 9.17) is 9.47 Å². The Hall–Kier alpha value is -1.30. The summed E-state index contributed by atoms with van der Waals surface area (Å²) in [6.45, 7) is 3.89. The molecule has 2 saturated heterocycles. The summed E-state index contributed by atoms with van der Waals surface area (Å²) in [4.78, 5) is 12.4. The second kappa shape index (κ2) is 10.9. The first-order valence-electron chi connectivity index (χ1n) is 9.88. The van der Waals surface area contributed by atoms with Crippen LogP contribution in [0.25, 0.3) is 0 Å². The molecule has 6 heteroatoms. The Labute approximate surface area is 169 Å². The maximum absolute atomic E-state index is 12.4. The molecule has 2 aliphatic rings. The zero-order valence-electron chi connectivity index (χ0n) is 16.5. The number of aryl methyl sites for hydroxylation is 1. The molecule has 0 radical (unpaired) electrons. The van der Waals surface area contributed by atoms with Gasteiger partial charge in [0, 0.05) is 50.8 Å². The zero-order chi connectivity index (χ0) is 18.4. The highest BCUT2D eigenvalue weighted by Crippen LogP contribution is 2.32. The number of fused-ring (bicyclic) bond motifs is 2. The lowest BCUT2D eigenvalue weighted by atomic mass is 9.89. The number of rotatable bonds is 9. The molecular formula is C21H33ClN2O3. The molecule has 152 valence electrons. The van der Waals surface area contributed by atoms with Gasteiger partial charge < -0.3 is 20.1 Å². The topological polar surface area (TPSA) is 59.6 Å². The molecule has 5 nitrogen and oxygen atoms in total. The van der Waals surface area contributed by atoms with Gasteiger partial charge in [-0.1, -0.05) is 12.1 Å². The maximum atomic E-state index is 12.4. The third kappa shape index (κ3) is 6.66. The van der Waals surface area contributed by atoms with Gasteiger partial charge >= 0.3 is 0 Å². The first kappa shape index (κ1) is 22.0. The van der Waals surface area contributed by atoms with Crippen LogP contribution in [0.5, 0.6) is 5.75 Å². The van der Waals surface area contributed by atoms with Crippen molar-refractivity contribution in [3.8, 4) is 5.75 Å². The van der Waals surface area contributed by atoms with E-state index >= 15 is 0 Å². The highest BCUT2D eigenvalue weighted by Gasteiger charge is 2.34. The van der Waals surface area contributed by atoms with Crippen molar-refractivity contribution >= 4 is 18.3 Å². The minimum Gasteiger partial charge on any atom is -0.493 e. The summed E-state index contributed by atoms with van der Waals surface area (Å²) in [6, 6.07) is 7.42. The SMILES string of the molecule is COCCCOc1cc(C)ccc1CNC(=O)CC1CC2CCC(C1)N2.Cl. The minimum atomic E-state index is 0. The number of hydrogen-bond acceptors (Lipinski definition) is 4. The summed E-state index contributed by atoms with van der Waals surface area (Å²) in [5.74, 6) is 1.54. The molecule has 2 bridgehead atoms. The Kier molecular flexibility index (Phi) is 8.87. The summed E-state index contributed by atoms with van der Waals surface area (Å²) in [6.07, 6.45) is 6.33. The zero-order valence-corrected chi connectivity index (χ0v) is 17.3. The smallest absolute Gasteiger partial charge is 0.220 e. The van der Waals surface area contributed by atoms with Gasteiger partial charge in [-0.05, 0) is 50.2 Å². The number of carbonyl (C=O) groups excluding carboxylic acids is 1. The van der Waals surface area contributed by atoms with Gasteiger partial charge in [0.25, 0.3) is 0 Å². The van der Waals surface area contributed by atoms with Crippen LogP contribution in [0.15, 0.2) is 18.2 Å². The van der Waals surface area contributed by atoms with Crippen LogP contribution in [0, 0.1) is 12.8 Å². The highest BCUT2D eigenvalue weighted by atomic mass is 35.5. The lowest BCUT2D eigenvalue weighted by molar-refractivity contribution is -0.122. The van der Waals surface area contributed by atoms with E-state index in [1.54, 1.807) is 7.11 Å². The number of carbonyl (C=O) groups is 1. The maximum Gasteiger partial charge on any atom is 0.220 e. The third-order valence-corrected chi connectivity index (χ3v) is 5.49. The van der Waals surface area contributed by atoms with E-state index in [9.17, 15) is 4.79 Å². The van der Waals surface area contributed by atoms with Crippen LogP contribution < -0.4 is 15.4 Å². The predicted molar refractivity (Wildman–Crippen MR) is 110 cm³/mol. The molecule has 2 atom stereocenters. The number of nitrogens with one attached hydrogen (secondary N) is 2. The van der Waals surface area contributed by atoms with Gasteiger partial charge in [0.15, 0.2) is 0 Å². The number of halogens is 1. The van der Waals surface area contributed by atoms with Gasteiger partial charge in [0.1, 0.15) is 5.75 Å².